The number of halogens is 1. The van der Waals surface area contributed by atoms with Crippen LogP contribution in [0, 0.1) is 10.1 Å². The highest BCUT2D eigenvalue weighted by atomic mass is 35.5. The number of thioether (sulfide) groups is 1. The lowest BCUT2D eigenvalue weighted by Gasteiger charge is -2.14. The molecule has 0 saturated heterocycles. The number of hydrogen-bond donors (Lipinski definition) is 0. The second kappa shape index (κ2) is 10.4. The summed E-state index contributed by atoms with van der Waals surface area (Å²) in [5.74, 6) is 0.534. The molecule has 0 fully saturated rings. The Morgan fingerprint density at radius 1 is 1.24 bits per heavy atom. The number of fused-ring (bicyclic) bond motifs is 1. The van der Waals surface area contributed by atoms with Gasteiger partial charge in [-0.05, 0) is 17.5 Å². The Hall–Kier alpha value is -2.36. The molecule has 2 heterocycles. The molecule has 0 unspecified atom stereocenters. The summed E-state index contributed by atoms with van der Waals surface area (Å²) in [5, 5.41) is 12.8. The van der Waals surface area contributed by atoms with E-state index in [-0.39, 0.29) is 13.2 Å². The molecule has 1 aromatic carbocycles. The molecule has 3 rings (SSSR count). The number of ether oxygens (including phenoxy) is 1. The van der Waals surface area contributed by atoms with Crippen LogP contribution in [0.15, 0.2) is 54.2 Å². The first-order valence-electron chi connectivity index (χ1n) is 8.70. The average Bonchev–Trinajstić information content (AvgIpc) is 3.16. The van der Waals surface area contributed by atoms with Crippen molar-refractivity contribution in [3.63, 3.8) is 0 Å². The third-order valence-corrected chi connectivity index (χ3v) is 6.18. The lowest BCUT2D eigenvalue weighted by Crippen LogP contribution is -2.45. The first-order chi connectivity index (χ1) is 14.1. The minimum Gasteiger partial charge on any atom is -0.460 e. The van der Waals surface area contributed by atoms with E-state index < -0.39 is 17.1 Å². The number of nitrogens with zero attached hydrogens (tertiary/aromatic N) is 2. The van der Waals surface area contributed by atoms with Crippen LogP contribution in [-0.4, -0.2) is 35.8 Å². The molecule has 0 saturated carbocycles. The number of carbonyl (C=O) groups is 1. The summed E-state index contributed by atoms with van der Waals surface area (Å²) in [6.45, 7) is 0.189. The van der Waals surface area contributed by atoms with Crippen LogP contribution in [0.5, 0.6) is 0 Å². The fourth-order valence-electron chi connectivity index (χ4n) is 2.75. The zero-order valence-electron chi connectivity index (χ0n) is 15.2. The van der Waals surface area contributed by atoms with E-state index in [1.165, 1.54) is 11.8 Å². The topological polar surface area (TPSA) is 82.5 Å². The van der Waals surface area contributed by atoms with Crippen molar-refractivity contribution in [3.8, 4) is 0 Å². The number of esters is 1. The number of aromatic nitrogens is 1. The summed E-state index contributed by atoms with van der Waals surface area (Å²) in [5.41, 5.74) is 0.658. The largest absolute Gasteiger partial charge is 0.460 e. The van der Waals surface area contributed by atoms with Crippen molar-refractivity contribution in [1.29, 1.82) is 0 Å². The zero-order chi connectivity index (χ0) is 20.6. The molecule has 29 heavy (non-hydrogen) atoms. The minimum atomic E-state index is -0.823. The van der Waals surface area contributed by atoms with Gasteiger partial charge in [0, 0.05) is 22.3 Å². The molecule has 7 nitrogen and oxygen atoms in total. The molecule has 0 radical (unpaired) electrons. The van der Waals surface area contributed by atoms with Gasteiger partial charge in [0.25, 0.3) is 11.1 Å². The SMILES string of the molecule is O=C(OCCSCCO[N+](=O)[O-])[C@H](c1ccccc1Cl)[n+]1ccc2sccc2c1. The summed E-state index contributed by atoms with van der Waals surface area (Å²) >= 11 is 9.40. The normalized spacial score (nSPS) is 11.9. The summed E-state index contributed by atoms with van der Waals surface area (Å²) in [7, 11) is 0. The number of carbonyl (C=O) groups excluding carboxylic acids is 1. The number of rotatable bonds is 10. The van der Waals surface area contributed by atoms with Crippen LogP contribution >= 0.6 is 34.7 Å². The minimum absolute atomic E-state index is 0.00433. The highest BCUT2D eigenvalue weighted by Gasteiger charge is 2.33. The lowest BCUT2D eigenvalue weighted by molar-refractivity contribution is -0.756. The lowest BCUT2D eigenvalue weighted by atomic mass is 10.1. The molecule has 0 amide bonds. The van der Waals surface area contributed by atoms with E-state index in [4.69, 9.17) is 16.3 Å². The first-order valence-corrected chi connectivity index (χ1v) is 11.1. The molecular weight excluding hydrogens is 436 g/mol. The van der Waals surface area contributed by atoms with Crippen molar-refractivity contribution >= 4 is 50.8 Å². The highest BCUT2D eigenvalue weighted by Crippen LogP contribution is 2.25. The fraction of sp³-hybridized carbons (Fsp3) is 0.263. The van der Waals surface area contributed by atoms with Crippen molar-refractivity contribution in [2.75, 3.05) is 24.7 Å². The van der Waals surface area contributed by atoms with Crippen LogP contribution in [0.2, 0.25) is 5.02 Å². The maximum absolute atomic E-state index is 12.9. The number of hydrogen-bond acceptors (Lipinski definition) is 7. The van der Waals surface area contributed by atoms with E-state index >= 15 is 0 Å². The Morgan fingerprint density at radius 3 is 2.83 bits per heavy atom. The van der Waals surface area contributed by atoms with Gasteiger partial charge in [-0.15, -0.1) is 21.5 Å². The summed E-state index contributed by atoms with van der Waals surface area (Å²) in [4.78, 5) is 27.3. The first kappa shape index (κ1) is 21.4. The van der Waals surface area contributed by atoms with E-state index in [9.17, 15) is 14.9 Å². The van der Waals surface area contributed by atoms with Gasteiger partial charge in [0.05, 0.1) is 16.0 Å². The summed E-state index contributed by atoms with van der Waals surface area (Å²) in [6.07, 6.45) is 3.75. The Morgan fingerprint density at radius 2 is 2.03 bits per heavy atom. The smallest absolute Gasteiger partial charge is 0.381 e. The van der Waals surface area contributed by atoms with Crippen LogP contribution in [0.3, 0.4) is 0 Å². The van der Waals surface area contributed by atoms with E-state index in [0.29, 0.717) is 22.1 Å². The molecule has 10 heteroatoms. The fourth-order valence-corrected chi connectivity index (χ4v) is 4.34. The monoisotopic (exact) mass is 453 g/mol. The van der Waals surface area contributed by atoms with Crippen LogP contribution in [0.4, 0.5) is 0 Å². The molecule has 0 bridgehead atoms. The molecule has 0 aliphatic heterocycles. The molecular formula is C19H18ClN2O5S2+. The Balaban J connectivity index is 1.69. The molecule has 0 N–H and O–H groups in total. The van der Waals surface area contributed by atoms with Gasteiger partial charge in [-0.3, -0.25) is 0 Å². The maximum Gasteiger partial charge on any atom is 0.381 e. The number of pyridine rings is 1. The summed E-state index contributed by atoms with van der Waals surface area (Å²) < 4.78 is 8.41. The predicted octanol–water partition coefficient (Wildman–Crippen LogP) is 3.92. The second-order valence-corrected chi connectivity index (χ2v) is 8.47. The zero-order valence-corrected chi connectivity index (χ0v) is 17.6. The predicted molar refractivity (Wildman–Crippen MR) is 113 cm³/mol. The molecule has 0 spiro atoms. The van der Waals surface area contributed by atoms with Gasteiger partial charge in [0.2, 0.25) is 0 Å². The highest BCUT2D eigenvalue weighted by molar-refractivity contribution is 7.99. The quantitative estimate of drug-likeness (QED) is 0.152. The van der Waals surface area contributed by atoms with Gasteiger partial charge >= 0.3 is 5.97 Å². The van der Waals surface area contributed by atoms with Crippen molar-refractivity contribution in [1.82, 2.24) is 0 Å². The van der Waals surface area contributed by atoms with Gasteiger partial charge in [-0.2, -0.15) is 16.3 Å². The van der Waals surface area contributed by atoms with Gasteiger partial charge in [0.15, 0.2) is 12.4 Å². The van der Waals surface area contributed by atoms with E-state index in [1.54, 1.807) is 22.0 Å². The van der Waals surface area contributed by atoms with Crippen molar-refractivity contribution < 1.29 is 24.0 Å². The van der Waals surface area contributed by atoms with Crippen LogP contribution in [0.25, 0.3) is 10.1 Å². The van der Waals surface area contributed by atoms with Gasteiger partial charge in [-0.1, -0.05) is 29.8 Å². The second-order valence-electron chi connectivity index (χ2n) is 5.89. The standard InChI is InChI=1S/C19H18ClN2O5S2/c20-16-4-2-1-3-15(16)18(21-7-5-17-14(13-21)6-10-29-17)19(23)26-8-11-28-12-9-27-22(24)25/h1-7,10,13,18H,8-9,11-12H2/q+1/t18-/m0/s1. The molecule has 2 aromatic heterocycles. The van der Waals surface area contributed by atoms with Crippen LogP contribution in [-0.2, 0) is 14.4 Å². The molecule has 0 aliphatic rings. The Bertz CT molecular complexity index is 997. The van der Waals surface area contributed by atoms with Gasteiger partial charge < -0.3 is 9.57 Å². The van der Waals surface area contributed by atoms with Crippen LogP contribution < -0.4 is 4.57 Å². The summed E-state index contributed by atoms with van der Waals surface area (Å²) in [6, 6.07) is 10.4. The molecule has 1 atom stereocenters. The van der Waals surface area contributed by atoms with Gasteiger partial charge in [0.1, 0.15) is 13.2 Å². The Labute approximate surface area is 180 Å². The van der Waals surface area contributed by atoms with Gasteiger partial charge in [-0.25, -0.2) is 4.79 Å². The maximum atomic E-state index is 12.9. The van der Waals surface area contributed by atoms with Crippen molar-refractivity contribution in [2.45, 2.75) is 6.04 Å². The van der Waals surface area contributed by atoms with Crippen molar-refractivity contribution in [2.24, 2.45) is 0 Å². The molecule has 3 aromatic rings. The third-order valence-electron chi connectivity index (χ3n) is 4.03. The Kier molecular flexibility index (Phi) is 7.68. The number of benzene rings is 1. The third kappa shape index (κ3) is 5.81. The molecule has 0 aliphatic carbocycles. The van der Waals surface area contributed by atoms with Crippen molar-refractivity contribution in [3.05, 3.63) is 74.9 Å². The number of thiophene rings is 1. The van der Waals surface area contributed by atoms with E-state index in [0.717, 1.165) is 10.1 Å². The molecule has 152 valence electrons. The van der Waals surface area contributed by atoms with E-state index in [1.807, 2.05) is 48.1 Å². The van der Waals surface area contributed by atoms with Crippen LogP contribution in [0.1, 0.15) is 11.6 Å². The van der Waals surface area contributed by atoms with E-state index in [2.05, 4.69) is 4.84 Å². The average molecular weight is 454 g/mol.